The molecular weight excluding hydrogens is 180 g/mol. The Balaban J connectivity index is 1.77. The maximum absolute atomic E-state index is 11.5. The molecule has 0 aromatic carbocycles. The van der Waals surface area contributed by atoms with Gasteiger partial charge in [-0.25, -0.2) is 0 Å². The van der Waals surface area contributed by atoms with E-state index in [2.05, 4.69) is 10.6 Å². The van der Waals surface area contributed by atoms with E-state index in [-0.39, 0.29) is 11.9 Å². The van der Waals surface area contributed by atoms with Gasteiger partial charge in [0.1, 0.15) is 0 Å². The Kier molecular flexibility index (Phi) is 2.84. The summed E-state index contributed by atoms with van der Waals surface area (Å²) in [6.07, 6.45) is 5.28. The number of nitrogens with one attached hydrogen (secondary N) is 2. The minimum absolute atomic E-state index is 0.00176. The van der Waals surface area contributed by atoms with E-state index < -0.39 is 0 Å². The Morgan fingerprint density at radius 2 is 2.64 bits per heavy atom. The molecular formula is C10H14N2O2. The molecule has 0 spiro atoms. The molecule has 4 nitrogen and oxygen atoms in total. The first-order chi connectivity index (χ1) is 6.86. The summed E-state index contributed by atoms with van der Waals surface area (Å²) in [7, 11) is 0. The molecule has 1 saturated heterocycles. The maximum atomic E-state index is 11.5. The summed E-state index contributed by atoms with van der Waals surface area (Å²) in [5, 5.41) is 6.02. The highest BCUT2D eigenvalue weighted by Gasteiger charge is 2.21. The van der Waals surface area contributed by atoms with Gasteiger partial charge in [0.15, 0.2) is 0 Å². The monoisotopic (exact) mass is 194 g/mol. The van der Waals surface area contributed by atoms with Crippen molar-refractivity contribution in [2.45, 2.75) is 25.4 Å². The molecule has 0 bridgehead atoms. The Labute approximate surface area is 82.7 Å². The fourth-order valence-electron chi connectivity index (χ4n) is 1.61. The topological polar surface area (TPSA) is 54.3 Å². The number of hydrogen-bond donors (Lipinski definition) is 2. The van der Waals surface area contributed by atoms with Crippen LogP contribution in [0.1, 0.15) is 18.4 Å². The minimum atomic E-state index is 0.00176. The lowest BCUT2D eigenvalue weighted by molar-refractivity contribution is -0.122. The first-order valence-electron chi connectivity index (χ1n) is 4.88. The van der Waals surface area contributed by atoms with E-state index in [0.29, 0.717) is 6.54 Å². The lowest BCUT2D eigenvalue weighted by atomic mass is 10.2. The molecule has 1 fully saturated rings. The second kappa shape index (κ2) is 4.28. The van der Waals surface area contributed by atoms with Gasteiger partial charge in [0.2, 0.25) is 5.91 Å². The highest BCUT2D eigenvalue weighted by atomic mass is 16.3. The van der Waals surface area contributed by atoms with E-state index in [1.807, 2.05) is 6.07 Å². The van der Waals surface area contributed by atoms with E-state index in [4.69, 9.17) is 4.42 Å². The summed E-state index contributed by atoms with van der Waals surface area (Å²) in [6.45, 7) is 1.50. The first kappa shape index (κ1) is 9.27. The van der Waals surface area contributed by atoms with Crippen molar-refractivity contribution in [1.82, 2.24) is 10.6 Å². The van der Waals surface area contributed by atoms with Crippen molar-refractivity contribution in [3.63, 3.8) is 0 Å². The molecule has 0 unspecified atom stereocenters. The number of hydrogen-bond acceptors (Lipinski definition) is 3. The van der Waals surface area contributed by atoms with Crippen LogP contribution < -0.4 is 10.6 Å². The van der Waals surface area contributed by atoms with Crippen LogP contribution in [0.4, 0.5) is 0 Å². The van der Waals surface area contributed by atoms with Gasteiger partial charge in [-0.3, -0.25) is 4.79 Å². The van der Waals surface area contributed by atoms with Crippen molar-refractivity contribution in [3.05, 3.63) is 24.2 Å². The van der Waals surface area contributed by atoms with Gasteiger partial charge >= 0.3 is 0 Å². The largest absolute Gasteiger partial charge is 0.472 e. The fraction of sp³-hybridized carbons (Fsp3) is 0.500. The number of carbonyl (C=O) groups is 1. The molecule has 1 amide bonds. The summed E-state index contributed by atoms with van der Waals surface area (Å²) in [6, 6.07) is 1.85. The van der Waals surface area contributed by atoms with E-state index in [1.54, 1.807) is 12.5 Å². The summed E-state index contributed by atoms with van der Waals surface area (Å²) < 4.78 is 4.91. The molecule has 1 aliphatic rings. The molecule has 14 heavy (non-hydrogen) atoms. The average molecular weight is 194 g/mol. The van der Waals surface area contributed by atoms with E-state index in [1.165, 1.54) is 0 Å². The normalized spacial score (nSPS) is 21.0. The smallest absolute Gasteiger partial charge is 0.237 e. The van der Waals surface area contributed by atoms with Gasteiger partial charge in [-0.1, -0.05) is 0 Å². The van der Waals surface area contributed by atoms with Crippen LogP contribution in [-0.2, 0) is 11.3 Å². The molecule has 2 rings (SSSR count). The SMILES string of the molecule is O=C(NCc1ccoc1)[C@@H]1CCCN1. The van der Waals surface area contributed by atoms with Crippen LogP contribution in [-0.4, -0.2) is 18.5 Å². The summed E-state index contributed by atoms with van der Waals surface area (Å²) in [5.41, 5.74) is 0.997. The molecule has 2 heterocycles. The van der Waals surface area contributed by atoms with Crippen LogP contribution in [0.15, 0.2) is 23.0 Å². The van der Waals surface area contributed by atoms with Gasteiger partial charge in [-0.2, -0.15) is 0 Å². The van der Waals surface area contributed by atoms with E-state index >= 15 is 0 Å². The van der Waals surface area contributed by atoms with Crippen LogP contribution in [0.2, 0.25) is 0 Å². The molecule has 0 saturated carbocycles. The van der Waals surface area contributed by atoms with Crippen LogP contribution in [0.3, 0.4) is 0 Å². The Morgan fingerprint density at radius 1 is 1.71 bits per heavy atom. The van der Waals surface area contributed by atoms with E-state index in [9.17, 15) is 4.79 Å². The summed E-state index contributed by atoms with van der Waals surface area (Å²) in [5.74, 6) is 0.0868. The standard InChI is InChI=1S/C10H14N2O2/c13-10(9-2-1-4-11-9)12-6-8-3-5-14-7-8/h3,5,7,9,11H,1-2,4,6H2,(H,12,13)/t9-/m0/s1. The second-order valence-electron chi connectivity index (χ2n) is 3.50. The maximum Gasteiger partial charge on any atom is 0.237 e. The van der Waals surface area contributed by atoms with Crippen LogP contribution in [0.25, 0.3) is 0 Å². The van der Waals surface area contributed by atoms with Crippen molar-refractivity contribution < 1.29 is 9.21 Å². The number of furan rings is 1. The molecule has 1 aromatic heterocycles. The predicted octanol–water partition coefficient (Wildman–Crippen LogP) is 0.648. The minimum Gasteiger partial charge on any atom is -0.472 e. The van der Waals surface area contributed by atoms with Gasteiger partial charge in [0.25, 0.3) is 0 Å². The highest BCUT2D eigenvalue weighted by Crippen LogP contribution is 2.05. The lowest BCUT2D eigenvalue weighted by Crippen LogP contribution is -2.39. The molecule has 0 aliphatic carbocycles. The summed E-state index contributed by atoms with van der Waals surface area (Å²) in [4.78, 5) is 11.5. The molecule has 4 heteroatoms. The predicted molar refractivity (Wildman–Crippen MR) is 51.6 cm³/mol. The molecule has 1 aliphatic heterocycles. The van der Waals surface area contributed by atoms with E-state index in [0.717, 1.165) is 24.9 Å². The van der Waals surface area contributed by atoms with Crippen LogP contribution in [0, 0.1) is 0 Å². The quantitative estimate of drug-likeness (QED) is 0.742. The van der Waals surface area contributed by atoms with Gasteiger partial charge in [0, 0.05) is 12.1 Å². The van der Waals surface area contributed by atoms with Crippen molar-refractivity contribution >= 4 is 5.91 Å². The van der Waals surface area contributed by atoms with Crippen molar-refractivity contribution in [2.75, 3.05) is 6.54 Å². The van der Waals surface area contributed by atoms with Gasteiger partial charge < -0.3 is 15.1 Å². The third-order valence-electron chi connectivity index (χ3n) is 2.42. The van der Waals surface area contributed by atoms with Crippen LogP contribution >= 0.6 is 0 Å². The number of amides is 1. The molecule has 76 valence electrons. The molecule has 0 radical (unpaired) electrons. The molecule has 1 atom stereocenters. The third kappa shape index (κ3) is 2.14. The number of rotatable bonds is 3. The molecule has 2 N–H and O–H groups in total. The average Bonchev–Trinajstić information content (AvgIpc) is 2.87. The van der Waals surface area contributed by atoms with Gasteiger partial charge in [-0.05, 0) is 25.5 Å². The van der Waals surface area contributed by atoms with Crippen molar-refractivity contribution in [2.24, 2.45) is 0 Å². The Hall–Kier alpha value is -1.29. The number of carbonyl (C=O) groups excluding carboxylic acids is 1. The van der Waals surface area contributed by atoms with Gasteiger partial charge in [0.05, 0.1) is 18.6 Å². The van der Waals surface area contributed by atoms with Gasteiger partial charge in [-0.15, -0.1) is 0 Å². The summed E-state index contributed by atoms with van der Waals surface area (Å²) >= 11 is 0. The Morgan fingerprint density at radius 3 is 3.29 bits per heavy atom. The Bertz CT molecular complexity index is 289. The molecule has 1 aromatic rings. The van der Waals surface area contributed by atoms with Crippen molar-refractivity contribution in [3.8, 4) is 0 Å². The fourth-order valence-corrected chi connectivity index (χ4v) is 1.61. The highest BCUT2D eigenvalue weighted by molar-refractivity contribution is 5.81. The van der Waals surface area contributed by atoms with Crippen LogP contribution in [0.5, 0.6) is 0 Å². The zero-order chi connectivity index (χ0) is 9.80. The van der Waals surface area contributed by atoms with Crippen molar-refractivity contribution in [1.29, 1.82) is 0 Å². The third-order valence-corrected chi connectivity index (χ3v) is 2.42. The second-order valence-corrected chi connectivity index (χ2v) is 3.50. The zero-order valence-electron chi connectivity index (χ0n) is 7.95. The first-order valence-corrected chi connectivity index (χ1v) is 4.88. The lowest BCUT2D eigenvalue weighted by Gasteiger charge is -2.09. The zero-order valence-corrected chi connectivity index (χ0v) is 7.95.